The van der Waals surface area contributed by atoms with Crippen molar-refractivity contribution in [3.05, 3.63) is 94.5 Å². The fourth-order valence-electron chi connectivity index (χ4n) is 6.29. The van der Waals surface area contributed by atoms with Crippen LogP contribution >= 0.6 is 0 Å². The predicted molar refractivity (Wildman–Crippen MR) is 157 cm³/mol. The molecule has 2 aliphatic heterocycles. The molecule has 3 atom stereocenters. The summed E-state index contributed by atoms with van der Waals surface area (Å²) in [6.45, 7) is 7.40. The lowest BCUT2D eigenvalue weighted by Crippen LogP contribution is -2.40. The molecule has 3 aromatic rings. The van der Waals surface area contributed by atoms with Gasteiger partial charge in [0, 0.05) is 43.1 Å². The Labute approximate surface area is 231 Å². The molecule has 2 saturated heterocycles. The summed E-state index contributed by atoms with van der Waals surface area (Å²) in [5.74, 6) is 2.01. The number of amides is 1. The lowest BCUT2D eigenvalue weighted by atomic mass is 9.94. The third-order valence-corrected chi connectivity index (χ3v) is 10.2. The van der Waals surface area contributed by atoms with Gasteiger partial charge in [0.1, 0.15) is 0 Å². The van der Waals surface area contributed by atoms with E-state index in [0.717, 1.165) is 52.9 Å². The maximum Gasteiger partial charge on any atom is 0.225 e. The largest absolute Gasteiger partial charge is 0.371 e. The molecule has 0 radical (unpaired) electrons. The topological polar surface area (TPSA) is 69.7 Å². The van der Waals surface area contributed by atoms with E-state index in [0.29, 0.717) is 13.1 Å². The normalized spacial score (nSPS) is 22.3. The van der Waals surface area contributed by atoms with Gasteiger partial charge in [0.05, 0.1) is 24.0 Å². The minimum Gasteiger partial charge on any atom is -0.371 e. The third kappa shape index (κ3) is 5.69. The van der Waals surface area contributed by atoms with Crippen LogP contribution in [-0.4, -0.2) is 52.0 Å². The van der Waals surface area contributed by atoms with Crippen molar-refractivity contribution in [2.24, 2.45) is 11.8 Å². The fraction of sp³-hybridized carbons (Fsp3) is 0.406. The van der Waals surface area contributed by atoms with Gasteiger partial charge in [0.25, 0.3) is 0 Å². The first kappa shape index (κ1) is 25.9. The number of carbonyl (C=O) groups excluding carboxylic acids is 1. The van der Waals surface area contributed by atoms with E-state index < -0.39 is 9.84 Å². The number of aryl methyl sites for hydroxylation is 2. The Morgan fingerprint density at radius 2 is 1.62 bits per heavy atom. The van der Waals surface area contributed by atoms with Crippen LogP contribution in [0.15, 0.2) is 66.7 Å². The maximum atomic E-state index is 13.5. The Morgan fingerprint density at radius 1 is 0.897 bits per heavy atom. The molecule has 3 unspecified atom stereocenters. The number of piperidine rings is 1. The van der Waals surface area contributed by atoms with Crippen LogP contribution in [0.5, 0.6) is 0 Å². The molecule has 7 heteroatoms. The Balaban J connectivity index is 1.22. The molecule has 3 fully saturated rings. The molecule has 3 aliphatic rings. The van der Waals surface area contributed by atoms with Crippen LogP contribution in [-0.2, 0) is 21.1 Å². The number of hydrogen-bond donors (Lipinski definition) is 1. The number of rotatable bonds is 7. The van der Waals surface area contributed by atoms with Gasteiger partial charge in [-0.3, -0.25) is 4.79 Å². The highest BCUT2D eigenvalue weighted by Crippen LogP contribution is 2.47. The summed E-state index contributed by atoms with van der Waals surface area (Å²) in [5.41, 5.74) is 7.75. The first-order chi connectivity index (χ1) is 18.8. The molecular weight excluding hydrogens is 506 g/mol. The fourth-order valence-corrected chi connectivity index (χ4v) is 7.49. The summed E-state index contributed by atoms with van der Waals surface area (Å²) in [4.78, 5) is 18.1. The lowest BCUT2D eigenvalue weighted by Gasteiger charge is -2.30. The van der Waals surface area contributed by atoms with Crippen LogP contribution < -0.4 is 15.1 Å². The number of anilines is 2. The molecule has 2 heterocycles. The smallest absolute Gasteiger partial charge is 0.225 e. The number of benzene rings is 3. The highest BCUT2D eigenvalue weighted by Gasteiger charge is 2.45. The van der Waals surface area contributed by atoms with E-state index in [1.807, 2.05) is 37.3 Å². The van der Waals surface area contributed by atoms with Crippen molar-refractivity contribution in [3.63, 3.8) is 0 Å². The summed E-state index contributed by atoms with van der Waals surface area (Å²) in [7, 11) is -2.93. The number of fused-ring (bicyclic) bond motifs is 1. The number of nitrogens with zero attached hydrogens (tertiary/aromatic N) is 2. The summed E-state index contributed by atoms with van der Waals surface area (Å²) < 4.78 is 23.7. The molecule has 1 N–H and O–H groups in total. The van der Waals surface area contributed by atoms with E-state index in [2.05, 4.69) is 58.4 Å². The zero-order valence-corrected chi connectivity index (χ0v) is 23.6. The molecule has 1 saturated carbocycles. The number of carbonyl (C=O) groups is 1. The van der Waals surface area contributed by atoms with Crippen LogP contribution in [0, 0.1) is 25.7 Å². The van der Waals surface area contributed by atoms with Gasteiger partial charge in [-0.2, -0.15) is 0 Å². The molecule has 39 heavy (non-hydrogen) atoms. The van der Waals surface area contributed by atoms with E-state index in [1.54, 1.807) is 0 Å². The van der Waals surface area contributed by atoms with Crippen molar-refractivity contribution < 1.29 is 13.2 Å². The maximum absolute atomic E-state index is 13.5. The van der Waals surface area contributed by atoms with E-state index in [9.17, 15) is 13.2 Å². The molecule has 1 aliphatic carbocycles. The molecular formula is C32H37N3O3S. The lowest BCUT2D eigenvalue weighted by molar-refractivity contribution is -0.120. The van der Waals surface area contributed by atoms with Crippen molar-refractivity contribution in [1.29, 1.82) is 0 Å². The van der Waals surface area contributed by atoms with E-state index >= 15 is 0 Å². The van der Waals surface area contributed by atoms with Crippen LogP contribution in [0.4, 0.5) is 11.4 Å². The minimum atomic E-state index is -2.93. The second kappa shape index (κ2) is 10.3. The van der Waals surface area contributed by atoms with Gasteiger partial charge in [0.15, 0.2) is 9.84 Å². The van der Waals surface area contributed by atoms with Gasteiger partial charge in [-0.15, -0.1) is 0 Å². The zero-order chi connectivity index (χ0) is 27.1. The Hall–Kier alpha value is -3.32. The van der Waals surface area contributed by atoms with Gasteiger partial charge in [-0.05, 0) is 66.5 Å². The molecule has 0 aromatic heterocycles. The molecule has 204 valence electrons. The van der Waals surface area contributed by atoms with Crippen molar-refractivity contribution >= 4 is 27.1 Å². The van der Waals surface area contributed by atoms with E-state index in [4.69, 9.17) is 0 Å². The van der Waals surface area contributed by atoms with Crippen molar-refractivity contribution in [1.82, 2.24) is 5.32 Å². The minimum absolute atomic E-state index is 0.0177. The van der Waals surface area contributed by atoms with Crippen molar-refractivity contribution in [3.8, 4) is 0 Å². The summed E-state index contributed by atoms with van der Waals surface area (Å²) >= 11 is 0. The van der Waals surface area contributed by atoms with Gasteiger partial charge in [-0.1, -0.05) is 54.6 Å². The van der Waals surface area contributed by atoms with Gasteiger partial charge >= 0.3 is 0 Å². The van der Waals surface area contributed by atoms with Crippen molar-refractivity contribution in [2.45, 2.75) is 32.7 Å². The Bertz CT molecular complexity index is 1460. The average Bonchev–Trinajstić information content (AvgIpc) is 3.53. The van der Waals surface area contributed by atoms with Gasteiger partial charge in [0.2, 0.25) is 5.91 Å². The number of hydrogen-bond acceptors (Lipinski definition) is 5. The van der Waals surface area contributed by atoms with E-state index in [1.165, 1.54) is 17.7 Å². The Morgan fingerprint density at radius 3 is 2.31 bits per heavy atom. The monoisotopic (exact) mass is 543 g/mol. The first-order valence-corrected chi connectivity index (χ1v) is 15.8. The van der Waals surface area contributed by atoms with Crippen LogP contribution in [0.25, 0.3) is 0 Å². The quantitative estimate of drug-likeness (QED) is 0.477. The molecule has 0 spiro atoms. The summed E-state index contributed by atoms with van der Waals surface area (Å²) in [5, 5.41) is 3.37. The molecule has 6 nitrogen and oxygen atoms in total. The van der Waals surface area contributed by atoms with E-state index in [-0.39, 0.29) is 29.9 Å². The zero-order valence-electron chi connectivity index (χ0n) is 22.8. The summed E-state index contributed by atoms with van der Waals surface area (Å²) in [6.07, 6.45) is 1.64. The summed E-state index contributed by atoms with van der Waals surface area (Å²) in [6, 6.07) is 22.7. The average molecular weight is 544 g/mol. The first-order valence-electron chi connectivity index (χ1n) is 14.0. The SMILES string of the molecule is Cc1ccc(C(NC(=O)Cc2ccc(N3CCS(=O)(=O)CC3)c(C)c2)c2ccccc2)c(N2CC3CC3C2)c1. The molecule has 0 bridgehead atoms. The molecule has 6 rings (SSSR count). The van der Waals surface area contributed by atoms with Crippen molar-refractivity contribution in [2.75, 3.05) is 47.5 Å². The second-order valence-electron chi connectivity index (χ2n) is 11.6. The highest BCUT2D eigenvalue weighted by molar-refractivity contribution is 7.91. The second-order valence-corrected chi connectivity index (χ2v) is 13.9. The molecule has 3 aromatic carbocycles. The Kier molecular flexibility index (Phi) is 6.88. The van der Waals surface area contributed by atoms with Crippen LogP contribution in [0.2, 0.25) is 0 Å². The molecule has 1 amide bonds. The third-order valence-electron chi connectivity index (χ3n) is 8.57. The van der Waals surface area contributed by atoms with Crippen LogP contribution in [0.1, 0.15) is 40.3 Å². The highest BCUT2D eigenvalue weighted by atomic mass is 32.2. The predicted octanol–water partition coefficient (Wildman–Crippen LogP) is 4.44. The van der Waals surface area contributed by atoms with Gasteiger partial charge in [-0.25, -0.2) is 8.42 Å². The number of nitrogens with one attached hydrogen (secondary N) is 1. The van der Waals surface area contributed by atoms with Crippen LogP contribution in [0.3, 0.4) is 0 Å². The number of sulfone groups is 1. The van der Waals surface area contributed by atoms with Gasteiger partial charge < -0.3 is 15.1 Å². The standard InChI is InChI=1S/C32H37N3O3S/c1-22-8-10-28(30(16-22)35-20-26-19-27(26)21-35)32(25-6-4-3-5-7-25)33-31(36)18-24-9-11-29(23(2)17-24)34-12-14-39(37,38)15-13-34/h3-11,16-17,26-27,32H,12-15,18-21H2,1-2H3,(H,33,36).